The predicted octanol–water partition coefficient (Wildman–Crippen LogP) is 6.26. The maximum Gasteiger partial charge on any atom is 0.418 e. The van der Waals surface area contributed by atoms with Crippen molar-refractivity contribution in [1.29, 1.82) is 0 Å². The molecule has 0 bridgehead atoms. The topological polar surface area (TPSA) is 88.5 Å². The molecule has 6 rings (SSSR count). The maximum absolute atomic E-state index is 13.8. The van der Waals surface area contributed by atoms with Crippen molar-refractivity contribution in [2.45, 2.75) is 28.9 Å². The number of imide groups is 1. The number of nitrogens with zero attached hydrogens (tertiary/aromatic N) is 2. The first kappa shape index (κ1) is 29.3. The first-order valence-corrected chi connectivity index (χ1v) is 15.2. The van der Waals surface area contributed by atoms with Crippen LogP contribution < -0.4 is 15.1 Å². The predicted molar refractivity (Wildman–Crippen MR) is 157 cm³/mol. The highest BCUT2D eigenvalue weighted by atomic mass is 79.9. The molecule has 2 unspecified atom stereocenters. The molecule has 3 amide bonds. The van der Waals surface area contributed by atoms with Crippen LogP contribution in [0.3, 0.4) is 0 Å². The molecule has 14 heteroatoms. The third-order valence-corrected chi connectivity index (χ3v) is 10.2. The van der Waals surface area contributed by atoms with Gasteiger partial charge in [-0.3, -0.25) is 23.7 Å². The van der Waals surface area contributed by atoms with Gasteiger partial charge < -0.3 is 5.32 Å². The highest BCUT2D eigenvalue weighted by Crippen LogP contribution is 2.54. The fourth-order valence-corrected chi connectivity index (χ4v) is 8.52. The average molecular weight is 693 g/mol. The minimum Gasteiger partial charge on any atom is -0.324 e. The van der Waals surface area contributed by atoms with Crippen molar-refractivity contribution in [3.05, 3.63) is 109 Å². The van der Waals surface area contributed by atoms with Crippen LogP contribution in [0.2, 0.25) is 0 Å². The number of aromatic nitrogens is 1. The van der Waals surface area contributed by atoms with Crippen molar-refractivity contribution in [3.63, 3.8) is 0 Å². The van der Waals surface area contributed by atoms with Gasteiger partial charge in [-0.15, -0.1) is 0 Å². The molecule has 4 aromatic rings. The SMILES string of the molecule is O=C(Cn1c2c(sc1=O)[C@H](c1cccc(Br)c1)C1C(=O)N(c3ccc(F)cc3)C(=O)C1S2)Nc1ccccc1C(F)(F)F. The molecule has 0 saturated carbocycles. The zero-order valence-electron chi connectivity index (χ0n) is 21.6. The van der Waals surface area contributed by atoms with Crippen LogP contribution in [0, 0.1) is 11.7 Å². The molecule has 3 aromatic carbocycles. The summed E-state index contributed by atoms with van der Waals surface area (Å²) in [4.78, 5) is 54.7. The Morgan fingerprint density at radius 2 is 1.67 bits per heavy atom. The van der Waals surface area contributed by atoms with Crippen molar-refractivity contribution in [2.24, 2.45) is 5.92 Å². The Balaban J connectivity index is 1.40. The second-order valence-electron chi connectivity index (χ2n) is 9.80. The molecule has 1 saturated heterocycles. The minimum atomic E-state index is -4.71. The highest BCUT2D eigenvalue weighted by molar-refractivity contribution is 9.10. The summed E-state index contributed by atoms with van der Waals surface area (Å²) in [7, 11) is 0. The summed E-state index contributed by atoms with van der Waals surface area (Å²) >= 11 is 5.20. The van der Waals surface area contributed by atoms with Gasteiger partial charge in [0.25, 0.3) is 0 Å². The Morgan fingerprint density at radius 3 is 2.37 bits per heavy atom. The molecule has 3 heterocycles. The molecular formula is C29H18BrF4N3O4S2. The van der Waals surface area contributed by atoms with E-state index in [0.29, 0.717) is 14.9 Å². The smallest absolute Gasteiger partial charge is 0.324 e. The molecular weight excluding hydrogens is 674 g/mol. The van der Waals surface area contributed by atoms with E-state index in [-0.39, 0.29) is 10.7 Å². The number of carbonyl (C=O) groups excluding carboxylic acids is 3. The van der Waals surface area contributed by atoms with Crippen LogP contribution in [0.5, 0.6) is 0 Å². The van der Waals surface area contributed by atoms with Gasteiger partial charge in [0.15, 0.2) is 0 Å². The van der Waals surface area contributed by atoms with Crippen molar-refractivity contribution >= 4 is 68.1 Å². The van der Waals surface area contributed by atoms with Gasteiger partial charge in [-0.25, -0.2) is 9.29 Å². The summed E-state index contributed by atoms with van der Waals surface area (Å²) < 4.78 is 55.8. The summed E-state index contributed by atoms with van der Waals surface area (Å²) in [6, 6.07) is 16.5. The van der Waals surface area contributed by atoms with Gasteiger partial charge in [-0.2, -0.15) is 13.2 Å². The number of hydrogen-bond acceptors (Lipinski definition) is 6. The van der Waals surface area contributed by atoms with E-state index in [0.717, 1.165) is 56.8 Å². The quantitative estimate of drug-likeness (QED) is 0.197. The first-order chi connectivity index (χ1) is 20.4. The lowest BCUT2D eigenvalue weighted by Gasteiger charge is -2.30. The molecule has 1 aromatic heterocycles. The third kappa shape index (κ3) is 5.31. The van der Waals surface area contributed by atoms with Crippen molar-refractivity contribution in [1.82, 2.24) is 4.57 Å². The van der Waals surface area contributed by atoms with E-state index in [9.17, 15) is 36.7 Å². The van der Waals surface area contributed by atoms with Crippen molar-refractivity contribution < 1.29 is 31.9 Å². The number of anilines is 2. The number of thioether (sulfide) groups is 1. The molecule has 7 nitrogen and oxygen atoms in total. The van der Waals surface area contributed by atoms with Crippen LogP contribution >= 0.6 is 39.0 Å². The average Bonchev–Trinajstić information content (AvgIpc) is 3.39. The lowest BCUT2D eigenvalue weighted by Crippen LogP contribution is -2.33. The number of thiazole rings is 1. The zero-order valence-corrected chi connectivity index (χ0v) is 24.8. The molecule has 3 atom stereocenters. The second-order valence-corrected chi connectivity index (χ2v) is 12.8. The molecule has 2 aliphatic heterocycles. The van der Waals surface area contributed by atoms with Crippen molar-refractivity contribution in [2.75, 3.05) is 10.2 Å². The third-order valence-electron chi connectivity index (χ3n) is 7.15. The fraction of sp³-hybridized carbons (Fsp3) is 0.172. The van der Waals surface area contributed by atoms with Crippen LogP contribution in [0.4, 0.5) is 28.9 Å². The van der Waals surface area contributed by atoms with Gasteiger partial charge >= 0.3 is 11.0 Å². The van der Waals surface area contributed by atoms with E-state index >= 15 is 0 Å². The molecule has 43 heavy (non-hydrogen) atoms. The lowest BCUT2D eigenvalue weighted by molar-refractivity contribution is -0.137. The Kier molecular flexibility index (Phi) is 7.55. The highest BCUT2D eigenvalue weighted by Gasteiger charge is 2.56. The summed E-state index contributed by atoms with van der Waals surface area (Å²) in [6.45, 7) is -0.615. The van der Waals surface area contributed by atoms with Crippen LogP contribution in [0.1, 0.15) is 21.9 Å². The molecule has 0 radical (unpaired) electrons. The lowest BCUT2D eigenvalue weighted by atomic mass is 9.83. The van der Waals surface area contributed by atoms with Gasteiger partial charge in [0.2, 0.25) is 17.7 Å². The van der Waals surface area contributed by atoms with Crippen LogP contribution in [-0.2, 0) is 27.1 Å². The monoisotopic (exact) mass is 691 g/mol. The normalized spacial score (nSPS) is 19.7. The Hall–Kier alpha value is -3.75. The minimum absolute atomic E-state index is 0.197. The van der Waals surface area contributed by atoms with E-state index in [1.165, 1.54) is 24.3 Å². The number of halogens is 5. The number of hydrogen-bond donors (Lipinski definition) is 1. The Morgan fingerprint density at radius 1 is 0.953 bits per heavy atom. The van der Waals surface area contributed by atoms with E-state index in [1.807, 2.05) is 0 Å². The van der Waals surface area contributed by atoms with Gasteiger partial charge in [0, 0.05) is 15.3 Å². The van der Waals surface area contributed by atoms with Gasteiger partial charge in [-0.1, -0.05) is 63.3 Å². The zero-order chi connectivity index (χ0) is 30.6. The molecule has 2 aliphatic rings. The number of amides is 3. The molecule has 0 aliphatic carbocycles. The van der Waals surface area contributed by atoms with E-state index in [1.54, 1.807) is 24.3 Å². The van der Waals surface area contributed by atoms with Crippen LogP contribution in [0.15, 0.2) is 87.1 Å². The number of benzene rings is 3. The molecule has 0 spiro atoms. The van der Waals surface area contributed by atoms with Crippen LogP contribution in [-0.4, -0.2) is 27.5 Å². The number of alkyl halides is 3. The summed E-state index contributed by atoms with van der Waals surface area (Å²) in [5, 5.41) is 1.54. The standard InChI is InChI=1S/C29H18BrF4N3O4S2/c30-15-5-3-4-14(12-15)21-22-23(26(40)37(25(22)39)17-10-8-16(31)9-11-17)42-27-24(21)43-28(41)36(27)13-20(38)35-19-7-2-1-6-18(19)29(32,33)34/h1-12,21-23H,13H2,(H,35,38)/t21-,22?,23?/m1/s1. The number of nitrogens with one attached hydrogen (secondary N) is 1. The van der Waals surface area contributed by atoms with Crippen molar-refractivity contribution in [3.8, 4) is 0 Å². The second kappa shape index (κ2) is 11.1. The maximum atomic E-state index is 13.8. The first-order valence-electron chi connectivity index (χ1n) is 12.7. The molecule has 220 valence electrons. The molecule has 1 fully saturated rings. The molecule has 1 N–H and O–H groups in total. The number of rotatable bonds is 5. The Bertz CT molecular complexity index is 1840. The van der Waals surface area contributed by atoms with E-state index in [2.05, 4.69) is 21.2 Å². The van der Waals surface area contributed by atoms with Crippen LogP contribution in [0.25, 0.3) is 0 Å². The van der Waals surface area contributed by atoms with Gasteiger partial charge in [0.1, 0.15) is 17.6 Å². The number of carbonyl (C=O) groups is 3. The summed E-state index contributed by atoms with van der Waals surface area (Å²) in [5.74, 6) is -4.14. The summed E-state index contributed by atoms with van der Waals surface area (Å²) in [6.07, 6.45) is -4.71. The number of para-hydroxylation sites is 1. The largest absolute Gasteiger partial charge is 0.418 e. The van der Waals surface area contributed by atoms with Gasteiger partial charge in [0.05, 0.1) is 27.9 Å². The Labute approximate surface area is 257 Å². The van der Waals surface area contributed by atoms with E-state index in [4.69, 9.17) is 0 Å². The summed E-state index contributed by atoms with van der Waals surface area (Å²) in [5.41, 5.74) is -0.651. The van der Waals surface area contributed by atoms with Gasteiger partial charge in [-0.05, 0) is 54.1 Å². The fourth-order valence-electron chi connectivity index (χ4n) is 5.33. The van der Waals surface area contributed by atoms with E-state index < -0.39 is 69.5 Å². The number of fused-ring (bicyclic) bond motifs is 2.